The van der Waals surface area contributed by atoms with Crippen LogP contribution in [0.3, 0.4) is 0 Å². The van der Waals surface area contributed by atoms with Crippen LogP contribution < -0.4 is 9.47 Å². The number of halogens is 1. The lowest BCUT2D eigenvalue weighted by Gasteiger charge is -2.27. The third kappa shape index (κ3) is 10.4. The van der Waals surface area contributed by atoms with Crippen LogP contribution in [0.4, 0.5) is 0 Å². The molecule has 4 atom stereocenters. The Morgan fingerprint density at radius 1 is 1.00 bits per heavy atom. The van der Waals surface area contributed by atoms with Crippen LogP contribution in [0.5, 0.6) is 5.75 Å². The summed E-state index contributed by atoms with van der Waals surface area (Å²) in [5.41, 5.74) is 2.36. The monoisotopic (exact) mass is 791 g/mol. The number of aliphatic hydroxyl groups is 5. The molecule has 5 rings (SSSR count). The minimum absolute atomic E-state index is 0.0392. The summed E-state index contributed by atoms with van der Waals surface area (Å²) < 4.78 is 42.6. The second-order valence-electron chi connectivity index (χ2n) is 14.2. The molecule has 6 N–H and O–H groups in total. The number of aromatic nitrogens is 1. The molecule has 2 fully saturated rings. The number of ketones is 1. The molecule has 0 amide bonds. The van der Waals surface area contributed by atoms with E-state index in [4.69, 9.17) is 26.2 Å². The minimum Gasteiger partial charge on any atom is -0.490 e. The van der Waals surface area contributed by atoms with E-state index in [1.165, 1.54) is 16.4 Å². The molecular formula is C39H52ClN2O11S+. The van der Waals surface area contributed by atoms with Crippen LogP contribution in [0.2, 0.25) is 5.02 Å². The molecule has 54 heavy (non-hydrogen) atoms. The van der Waals surface area contributed by atoms with Crippen molar-refractivity contribution in [3.63, 3.8) is 0 Å². The number of pyridine rings is 1. The zero-order valence-corrected chi connectivity index (χ0v) is 32.0. The van der Waals surface area contributed by atoms with Crippen LogP contribution in [0.1, 0.15) is 75.8 Å². The van der Waals surface area contributed by atoms with Crippen LogP contribution in [0, 0.1) is 5.92 Å². The van der Waals surface area contributed by atoms with Crippen molar-refractivity contribution in [1.29, 1.82) is 0 Å². The molecule has 0 spiro atoms. The van der Waals surface area contributed by atoms with Crippen molar-refractivity contribution in [3.8, 4) is 16.9 Å². The van der Waals surface area contributed by atoms with Crippen molar-refractivity contribution in [2.75, 3.05) is 26.3 Å². The fraction of sp³-hybridized carbons (Fsp3) is 0.538. The molecule has 0 unspecified atom stereocenters. The molecule has 296 valence electrons. The largest absolute Gasteiger partial charge is 0.490 e. The Morgan fingerprint density at radius 3 is 2.41 bits per heavy atom. The number of Topliss-reactive ketones (excluding diaryl/α,β-unsaturated/α-hetero) is 1. The van der Waals surface area contributed by atoms with Crippen LogP contribution in [0.25, 0.3) is 11.1 Å². The zero-order chi connectivity index (χ0) is 39.0. The second kappa shape index (κ2) is 18.6. The minimum atomic E-state index is -3.90. The highest BCUT2D eigenvalue weighted by molar-refractivity contribution is 7.89. The van der Waals surface area contributed by atoms with E-state index in [2.05, 4.69) is 0 Å². The number of carbonyl (C=O) groups is 1. The molecule has 0 bridgehead atoms. The standard InChI is InChI=1S/C39H52ClN2O11S/c1-2-42(18-7-3-4-8-28(45)20-26(23-43)37(47)38(48)35(46)24-44)54(50,51)30-13-14-34(40)27(21-30)25-52-39(16-17-39)33-22-41(49)19-15-31(33)32-9-5-6-10-36(32)53-29-11-12-29/h5-6,9-10,13-15,19,21-22,26,29,35,37-38,43-44,46-49H,2-4,7-8,11-12,16-18,20,23-25H2,1H3/q+1/t26-,35+,37+,38+/m0/s1. The molecule has 0 radical (unpaired) electrons. The first-order chi connectivity index (χ1) is 25.8. The van der Waals surface area contributed by atoms with Gasteiger partial charge in [-0.1, -0.05) is 43.1 Å². The van der Waals surface area contributed by atoms with Gasteiger partial charge in [0.15, 0.2) is 0 Å². The van der Waals surface area contributed by atoms with Gasteiger partial charge in [0.25, 0.3) is 0 Å². The number of hydrogen-bond donors (Lipinski definition) is 6. The van der Waals surface area contributed by atoms with Crippen molar-refractivity contribution in [2.24, 2.45) is 5.92 Å². The van der Waals surface area contributed by atoms with Gasteiger partial charge in [-0.25, -0.2) is 8.42 Å². The lowest BCUT2D eigenvalue weighted by molar-refractivity contribution is -0.905. The number of sulfonamides is 1. The van der Waals surface area contributed by atoms with Gasteiger partial charge in [-0.3, -0.25) is 10.0 Å². The molecule has 13 nitrogen and oxygen atoms in total. The Morgan fingerprint density at radius 2 is 1.74 bits per heavy atom. The van der Waals surface area contributed by atoms with Crippen molar-refractivity contribution in [3.05, 3.63) is 77.1 Å². The molecule has 2 saturated carbocycles. The summed E-state index contributed by atoms with van der Waals surface area (Å²) in [6.45, 7) is 0.862. The van der Waals surface area contributed by atoms with Gasteiger partial charge in [0.05, 0.1) is 35.9 Å². The highest BCUT2D eigenvalue weighted by Crippen LogP contribution is 2.53. The Kier molecular flexibility index (Phi) is 14.5. The average Bonchev–Trinajstić information content (AvgIpc) is 4.12. The Balaban J connectivity index is 1.19. The Bertz CT molecular complexity index is 1840. The van der Waals surface area contributed by atoms with Crippen molar-refractivity contribution < 1.29 is 58.2 Å². The number of para-hydroxylation sites is 1. The summed E-state index contributed by atoms with van der Waals surface area (Å²) in [7, 11) is -3.90. The third-order valence-corrected chi connectivity index (χ3v) is 12.5. The summed E-state index contributed by atoms with van der Waals surface area (Å²) in [6.07, 6.45) is 3.33. The van der Waals surface area contributed by atoms with Gasteiger partial charge in [-0.2, -0.15) is 4.31 Å². The fourth-order valence-corrected chi connectivity index (χ4v) is 8.28. The van der Waals surface area contributed by atoms with E-state index < -0.39 is 53.1 Å². The third-order valence-electron chi connectivity index (χ3n) is 10.1. The maximum absolute atomic E-state index is 13.8. The normalized spacial score (nSPS) is 17.6. The van der Waals surface area contributed by atoms with Crippen LogP contribution >= 0.6 is 11.6 Å². The van der Waals surface area contributed by atoms with E-state index in [9.17, 15) is 38.8 Å². The lowest BCUT2D eigenvalue weighted by Crippen LogP contribution is -2.45. The molecule has 15 heteroatoms. The maximum atomic E-state index is 13.8. The molecule has 1 heterocycles. The number of aliphatic hydroxyl groups excluding tert-OH is 5. The van der Waals surface area contributed by atoms with Crippen molar-refractivity contribution >= 4 is 27.4 Å². The second-order valence-corrected chi connectivity index (χ2v) is 16.6. The summed E-state index contributed by atoms with van der Waals surface area (Å²) in [5.74, 6) is -0.491. The number of benzene rings is 2. The number of rotatable bonds is 23. The summed E-state index contributed by atoms with van der Waals surface area (Å²) in [5, 5.41) is 59.1. The summed E-state index contributed by atoms with van der Waals surface area (Å²) >= 11 is 6.58. The summed E-state index contributed by atoms with van der Waals surface area (Å²) in [4.78, 5) is 12.6. The van der Waals surface area contributed by atoms with Gasteiger partial charge in [-0.15, -0.1) is 0 Å². The van der Waals surface area contributed by atoms with Gasteiger partial charge < -0.3 is 35.0 Å². The van der Waals surface area contributed by atoms with Crippen molar-refractivity contribution in [1.82, 2.24) is 4.31 Å². The number of nitrogens with zero attached hydrogens (tertiary/aromatic N) is 2. The Labute approximate surface area is 321 Å². The van der Waals surface area contributed by atoms with Crippen LogP contribution in [-0.2, 0) is 31.8 Å². The molecule has 0 aliphatic heterocycles. The molecule has 2 aliphatic rings. The number of unbranched alkanes of at least 4 members (excludes halogenated alkanes) is 2. The van der Waals surface area contributed by atoms with Gasteiger partial charge in [0.2, 0.25) is 22.4 Å². The maximum Gasteiger partial charge on any atom is 0.243 e. The number of hydrogen-bond acceptors (Lipinski definition) is 11. The number of ether oxygens (including phenoxy) is 2. The van der Waals surface area contributed by atoms with E-state index in [-0.39, 0.29) is 49.3 Å². The van der Waals surface area contributed by atoms with Crippen LogP contribution in [0.15, 0.2) is 65.8 Å². The van der Waals surface area contributed by atoms with E-state index in [1.807, 2.05) is 30.3 Å². The van der Waals surface area contributed by atoms with E-state index in [0.29, 0.717) is 42.7 Å². The molecule has 0 saturated heterocycles. The van der Waals surface area contributed by atoms with Gasteiger partial charge in [0.1, 0.15) is 29.3 Å². The van der Waals surface area contributed by atoms with E-state index in [1.54, 1.807) is 25.4 Å². The predicted octanol–water partition coefficient (Wildman–Crippen LogP) is 3.49. The highest BCUT2D eigenvalue weighted by atomic mass is 35.5. The first-order valence-corrected chi connectivity index (χ1v) is 20.4. The lowest BCUT2D eigenvalue weighted by atomic mass is 9.90. The quantitative estimate of drug-likeness (QED) is 0.0467. The molecular weight excluding hydrogens is 740 g/mol. The predicted molar refractivity (Wildman–Crippen MR) is 198 cm³/mol. The van der Waals surface area contributed by atoms with E-state index in [0.717, 1.165) is 40.0 Å². The number of carbonyl (C=O) groups excluding carboxylic acids is 1. The average molecular weight is 792 g/mol. The smallest absolute Gasteiger partial charge is 0.243 e. The first kappa shape index (κ1) is 42.0. The van der Waals surface area contributed by atoms with Gasteiger partial charge in [-0.05, 0) is 68.4 Å². The van der Waals surface area contributed by atoms with Crippen molar-refractivity contribution in [2.45, 2.75) is 106 Å². The topological polar surface area (TPSA) is 198 Å². The Hall–Kier alpha value is -3.18. The van der Waals surface area contributed by atoms with Gasteiger partial charge in [0, 0.05) is 65.4 Å². The molecule has 2 aromatic carbocycles. The molecule has 3 aromatic rings. The summed E-state index contributed by atoms with van der Waals surface area (Å²) in [6, 6.07) is 14.2. The van der Waals surface area contributed by atoms with E-state index >= 15 is 0 Å². The van der Waals surface area contributed by atoms with Crippen LogP contribution in [-0.4, -0.2) is 100.0 Å². The molecule has 2 aliphatic carbocycles. The first-order valence-electron chi connectivity index (χ1n) is 18.5. The molecule has 1 aromatic heterocycles. The SMILES string of the molecule is CCN(CCCCCC(=O)C[C@@H](CO)[C@@H](O)[C@H](O)[C@H](O)CO)S(=O)(=O)c1ccc(Cl)c(COC2(c3c[n+](O)ccc3-c3ccccc3OC3CC3)CC2)c1. The zero-order valence-electron chi connectivity index (χ0n) is 30.5. The fourth-order valence-electron chi connectivity index (χ4n) is 6.57. The van der Waals surface area contributed by atoms with Gasteiger partial charge >= 0.3 is 0 Å². The highest BCUT2D eigenvalue weighted by Gasteiger charge is 2.49.